The standard InChI is InChI=1S/C14H10BF5O/c1-5-3-6(8(17)4-7(5)16)9-11(18)12(19)10(15)13(20)14(9)21-2/h3-4H,15H2,1-2H3. The zero-order valence-electron chi connectivity index (χ0n) is 11.5. The second-order valence-corrected chi connectivity index (χ2v) is 4.56. The molecule has 0 aliphatic heterocycles. The monoisotopic (exact) mass is 300 g/mol. The summed E-state index contributed by atoms with van der Waals surface area (Å²) in [7, 11) is 2.08. The lowest BCUT2D eigenvalue weighted by atomic mass is 9.90. The van der Waals surface area contributed by atoms with Gasteiger partial charge in [0.05, 0.1) is 12.7 Å². The third-order valence-electron chi connectivity index (χ3n) is 3.22. The van der Waals surface area contributed by atoms with E-state index in [1.165, 1.54) is 6.92 Å². The first-order valence-electron chi connectivity index (χ1n) is 5.96. The molecule has 0 saturated carbocycles. The van der Waals surface area contributed by atoms with Crippen LogP contribution in [0.5, 0.6) is 5.75 Å². The summed E-state index contributed by atoms with van der Waals surface area (Å²) in [6.07, 6.45) is 0. The molecule has 0 radical (unpaired) electrons. The predicted molar refractivity (Wildman–Crippen MR) is 71.1 cm³/mol. The van der Waals surface area contributed by atoms with E-state index in [1.807, 2.05) is 0 Å². The number of rotatable bonds is 2. The number of ether oxygens (including phenoxy) is 1. The van der Waals surface area contributed by atoms with Crippen LogP contribution in [0.1, 0.15) is 5.56 Å². The molecule has 2 aromatic carbocycles. The molecule has 0 bridgehead atoms. The molecule has 0 unspecified atom stereocenters. The van der Waals surface area contributed by atoms with Crippen molar-refractivity contribution < 1.29 is 26.7 Å². The van der Waals surface area contributed by atoms with Crippen LogP contribution in [0.2, 0.25) is 0 Å². The molecular formula is C14H10BF5O. The maximum atomic E-state index is 14.1. The Hall–Kier alpha value is -2.05. The highest BCUT2D eigenvalue weighted by Crippen LogP contribution is 2.37. The molecule has 2 aromatic rings. The molecule has 0 amide bonds. The van der Waals surface area contributed by atoms with Crippen LogP contribution in [-0.2, 0) is 0 Å². The molecule has 2 rings (SSSR count). The molecule has 7 heteroatoms. The van der Waals surface area contributed by atoms with E-state index in [-0.39, 0.29) is 5.56 Å². The Labute approximate surface area is 118 Å². The van der Waals surface area contributed by atoms with Crippen molar-refractivity contribution in [2.45, 2.75) is 6.92 Å². The second kappa shape index (κ2) is 5.39. The van der Waals surface area contributed by atoms with Gasteiger partial charge in [-0.3, -0.25) is 0 Å². The number of methoxy groups -OCH3 is 1. The summed E-state index contributed by atoms with van der Waals surface area (Å²) in [5, 5.41) is 0. The van der Waals surface area contributed by atoms with Gasteiger partial charge in [0.1, 0.15) is 19.5 Å². The third-order valence-corrected chi connectivity index (χ3v) is 3.22. The molecule has 0 aliphatic carbocycles. The molecule has 0 spiro atoms. The first-order chi connectivity index (χ1) is 9.79. The highest BCUT2D eigenvalue weighted by atomic mass is 19.2. The maximum Gasteiger partial charge on any atom is 0.170 e. The summed E-state index contributed by atoms with van der Waals surface area (Å²) >= 11 is 0. The SMILES string of the molecule is Bc1c(F)c(F)c(-c2cc(C)c(F)cc2F)c(OC)c1F. The van der Waals surface area contributed by atoms with Crippen LogP contribution in [0, 0.1) is 36.0 Å². The largest absolute Gasteiger partial charge is 0.493 e. The van der Waals surface area contributed by atoms with Crippen molar-refractivity contribution in [2.75, 3.05) is 7.11 Å². The Kier molecular flexibility index (Phi) is 3.94. The first kappa shape index (κ1) is 15.3. The maximum absolute atomic E-state index is 14.1. The van der Waals surface area contributed by atoms with Gasteiger partial charge in [0, 0.05) is 11.6 Å². The molecule has 0 atom stereocenters. The van der Waals surface area contributed by atoms with Crippen LogP contribution in [0.3, 0.4) is 0 Å². The molecule has 21 heavy (non-hydrogen) atoms. The summed E-state index contributed by atoms with van der Waals surface area (Å²) in [6.45, 7) is 1.32. The van der Waals surface area contributed by atoms with E-state index in [0.717, 1.165) is 21.0 Å². The van der Waals surface area contributed by atoms with Crippen LogP contribution >= 0.6 is 0 Å². The van der Waals surface area contributed by atoms with Gasteiger partial charge in [0.25, 0.3) is 0 Å². The van der Waals surface area contributed by atoms with E-state index >= 15 is 0 Å². The summed E-state index contributed by atoms with van der Waals surface area (Å²) in [5.74, 6) is -6.63. The van der Waals surface area contributed by atoms with Crippen LogP contribution in [0.15, 0.2) is 12.1 Å². The lowest BCUT2D eigenvalue weighted by Crippen LogP contribution is -2.19. The topological polar surface area (TPSA) is 9.23 Å². The molecule has 110 valence electrons. The lowest BCUT2D eigenvalue weighted by Gasteiger charge is -2.15. The van der Waals surface area contributed by atoms with Gasteiger partial charge in [0.2, 0.25) is 0 Å². The van der Waals surface area contributed by atoms with Crippen molar-refractivity contribution in [3.8, 4) is 16.9 Å². The highest BCUT2D eigenvalue weighted by molar-refractivity contribution is 6.33. The Morgan fingerprint density at radius 3 is 2.10 bits per heavy atom. The Morgan fingerprint density at radius 2 is 1.52 bits per heavy atom. The predicted octanol–water partition coefficient (Wildman–Crippen LogP) is 2.62. The third kappa shape index (κ3) is 2.37. The van der Waals surface area contributed by atoms with Gasteiger partial charge >= 0.3 is 0 Å². The normalized spacial score (nSPS) is 10.8. The minimum Gasteiger partial charge on any atom is -0.493 e. The van der Waals surface area contributed by atoms with E-state index in [1.54, 1.807) is 0 Å². The fourth-order valence-corrected chi connectivity index (χ4v) is 2.03. The van der Waals surface area contributed by atoms with Crippen molar-refractivity contribution in [2.24, 2.45) is 0 Å². The fraction of sp³-hybridized carbons (Fsp3) is 0.143. The summed E-state index contributed by atoms with van der Waals surface area (Å²) < 4.78 is 73.6. The quantitative estimate of drug-likeness (QED) is 0.471. The van der Waals surface area contributed by atoms with Gasteiger partial charge in [-0.25, -0.2) is 22.0 Å². The number of benzene rings is 2. The molecule has 0 aromatic heterocycles. The van der Waals surface area contributed by atoms with Crippen molar-refractivity contribution in [1.29, 1.82) is 0 Å². The van der Waals surface area contributed by atoms with E-state index in [9.17, 15) is 22.0 Å². The smallest absolute Gasteiger partial charge is 0.170 e. The van der Waals surface area contributed by atoms with Crippen LogP contribution in [-0.4, -0.2) is 15.0 Å². The number of hydrogen-bond donors (Lipinski definition) is 0. The number of hydrogen-bond acceptors (Lipinski definition) is 1. The Balaban J connectivity index is 2.90. The highest BCUT2D eigenvalue weighted by Gasteiger charge is 2.26. The molecule has 1 nitrogen and oxygen atoms in total. The van der Waals surface area contributed by atoms with Crippen molar-refractivity contribution >= 4 is 13.3 Å². The van der Waals surface area contributed by atoms with Crippen LogP contribution < -0.4 is 10.2 Å². The van der Waals surface area contributed by atoms with Gasteiger partial charge in [0.15, 0.2) is 23.2 Å². The Bertz CT molecular complexity index is 730. The number of halogens is 5. The molecule has 0 aliphatic rings. The summed E-state index contributed by atoms with van der Waals surface area (Å²) in [5.41, 5.74) is -1.75. The van der Waals surface area contributed by atoms with Crippen LogP contribution in [0.4, 0.5) is 22.0 Å². The molecule has 0 N–H and O–H groups in total. The minimum absolute atomic E-state index is 0.00856. The average Bonchev–Trinajstić information content (AvgIpc) is 2.44. The zero-order valence-corrected chi connectivity index (χ0v) is 11.5. The molecule has 0 fully saturated rings. The average molecular weight is 300 g/mol. The number of aryl methyl sites for hydroxylation is 1. The van der Waals surface area contributed by atoms with Gasteiger partial charge in [-0.1, -0.05) is 0 Å². The van der Waals surface area contributed by atoms with Gasteiger partial charge in [-0.2, -0.15) is 0 Å². The zero-order chi connectivity index (χ0) is 15.9. The van der Waals surface area contributed by atoms with Crippen molar-refractivity contribution in [1.82, 2.24) is 0 Å². The summed E-state index contributed by atoms with van der Waals surface area (Å²) in [4.78, 5) is 0. The van der Waals surface area contributed by atoms with Gasteiger partial charge < -0.3 is 4.74 Å². The molecular weight excluding hydrogens is 290 g/mol. The molecule has 0 heterocycles. The van der Waals surface area contributed by atoms with E-state index < -0.39 is 51.4 Å². The minimum atomic E-state index is -1.45. The first-order valence-corrected chi connectivity index (χ1v) is 5.96. The van der Waals surface area contributed by atoms with E-state index in [0.29, 0.717) is 6.07 Å². The van der Waals surface area contributed by atoms with E-state index in [4.69, 9.17) is 4.74 Å². The van der Waals surface area contributed by atoms with Crippen LogP contribution in [0.25, 0.3) is 11.1 Å². The van der Waals surface area contributed by atoms with Crippen molar-refractivity contribution in [3.05, 3.63) is 46.8 Å². The molecule has 0 saturated heterocycles. The van der Waals surface area contributed by atoms with E-state index in [2.05, 4.69) is 0 Å². The van der Waals surface area contributed by atoms with Gasteiger partial charge in [-0.15, -0.1) is 0 Å². The Morgan fingerprint density at radius 1 is 0.905 bits per heavy atom. The summed E-state index contributed by atoms with van der Waals surface area (Å²) in [6, 6.07) is 1.50. The van der Waals surface area contributed by atoms with Crippen molar-refractivity contribution in [3.63, 3.8) is 0 Å². The lowest BCUT2D eigenvalue weighted by molar-refractivity contribution is 0.381. The fourth-order valence-electron chi connectivity index (χ4n) is 2.03. The second-order valence-electron chi connectivity index (χ2n) is 4.56. The van der Waals surface area contributed by atoms with Gasteiger partial charge in [-0.05, 0) is 24.0 Å².